The Morgan fingerprint density at radius 2 is 1.69 bits per heavy atom. The van der Waals surface area contributed by atoms with Crippen molar-refractivity contribution in [3.8, 4) is 0 Å². The number of hydrogen-bond donors (Lipinski definition) is 1. The Bertz CT molecular complexity index is 1220. The summed E-state index contributed by atoms with van der Waals surface area (Å²) in [5.41, 5.74) is 1.44. The largest absolute Gasteiger partial charge is 0.342 e. The molecule has 4 aromatic rings. The topological polar surface area (TPSA) is 34.0 Å². The maximum atomic E-state index is 13.9. The van der Waals surface area contributed by atoms with E-state index >= 15 is 0 Å². The van der Waals surface area contributed by atoms with Gasteiger partial charge < -0.3 is 9.88 Å². The Morgan fingerprint density at radius 3 is 2.41 bits per heavy atom. The van der Waals surface area contributed by atoms with Crippen molar-refractivity contribution in [3.05, 3.63) is 99.7 Å². The van der Waals surface area contributed by atoms with Crippen LogP contribution in [0.2, 0.25) is 10.0 Å². The minimum absolute atomic E-state index is 0.299. The first-order valence-electron chi connectivity index (χ1n) is 8.71. The first kappa shape index (κ1) is 19.4. The predicted octanol–water partition coefficient (Wildman–Crippen LogP) is 6.53. The summed E-state index contributed by atoms with van der Waals surface area (Å²) in [5, 5.41) is 4.04. The lowest BCUT2D eigenvalue weighted by atomic mass is 10.1. The number of rotatable bonds is 4. The lowest BCUT2D eigenvalue weighted by molar-refractivity contribution is 0.102. The summed E-state index contributed by atoms with van der Waals surface area (Å²) in [6, 6.07) is 15.9. The zero-order valence-corrected chi connectivity index (χ0v) is 16.4. The monoisotopic (exact) mass is 430 g/mol. The number of carbonyl (C=O) groups excluding carboxylic acids is 1. The second-order valence-corrected chi connectivity index (χ2v) is 7.32. The van der Waals surface area contributed by atoms with Crippen LogP contribution in [0.1, 0.15) is 15.9 Å². The van der Waals surface area contributed by atoms with Crippen molar-refractivity contribution < 1.29 is 13.6 Å². The summed E-state index contributed by atoms with van der Waals surface area (Å²) in [6.07, 6.45) is 1.64. The average Bonchev–Trinajstić information content (AvgIpc) is 3.06. The van der Waals surface area contributed by atoms with Crippen LogP contribution in [0.5, 0.6) is 0 Å². The van der Waals surface area contributed by atoms with E-state index in [9.17, 15) is 13.6 Å². The molecule has 1 heterocycles. The highest BCUT2D eigenvalue weighted by Crippen LogP contribution is 2.27. The fourth-order valence-electron chi connectivity index (χ4n) is 3.19. The zero-order valence-electron chi connectivity index (χ0n) is 14.9. The minimum Gasteiger partial charge on any atom is -0.342 e. The number of carbonyl (C=O) groups is 1. The normalized spacial score (nSPS) is 11.0. The number of para-hydroxylation sites is 2. The van der Waals surface area contributed by atoms with Crippen molar-refractivity contribution in [2.24, 2.45) is 0 Å². The molecule has 0 saturated carbocycles. The molecule has 3 nitrogen and oxygen atoms in total. The Kier molecular flexibility index (Phi) is 5.26. The molecule has 0 unspecified atom stereocenters. The van der Waals surface area contributed by atoms with Crippen molar-refractivity contribution in [3.63, 3.8) is 0 Å². The molecule has 0 aliphatic rings. The Morgan fingerprint density at radius 1 is 0.966 bits per heavy atom. The molecule has 7 heteroatoms. The third-order valence-corrected chi connectivity index (χ3v) is 5.18. The SMILES string of the molecule is O=C(Nc1c(F)cccc1F)c1cn(Cc2ccc(Cl)cc2Cl)c2ccccc12. The van der Waals surface area contributed by atoms with E-state index in [-0.39, 0.29) is 0 Å². The number of amides is 1. The molecule has 1 N–H and O–H groups in total. The molecule has 3 aromatic carbocycles. The van der Waals surface area contributed by atoms with Crippen molar-refractivity contribution in [2.75, 3.05) is 5.32 Å². The van der Waals surface area contributed by atoms with E-state index in [1.54, 1.807) is 30.5 Å². The Hall–Kier alpha value is -2.89. The van der Waals surface area contributed by atoms with Crippen LogP contribution in [0.3, 0.4) is 0 Å². The summed E-state index contributed by atoms with van der Waals surface area (Å²) >= 11 is 12.2. The summed E-state index contributed by atoms with van der Waals surface area (Å²) in [7, 11) is 0. The van der Waals surface area contributed by atoms with E-state index in [0.717, 1.165) is 23.2 Å². The Labute approximate surface area is 175 Å². The predicted molar refractivity (Wildman–Crippen MR) is 112 cm³/mol. The highest BCUT2D eigenvalue weighted by atomic mass is 35.5. The maximum absolute atomic E-state index is 13.9. The lowest BCUT2D eigenvalue weighted by Crippen LogP contribution is -2.14. The molecule has 4 rings (SSSR count). The minimum atomic E-state index is -0.838. The summed E-state index contributed by atoms with van der Waals surface area (Å²) in [4.78, 5) is 12.8. The highest BCUT2D eigenvalue weighted by Gasteiger charge is 2.18. The van der Waals surface area contributed by atoms with Crippen LogP contribution in [0.15, 0.2) is 66.9 Å². The number of hydrogen-bond acceptors (Lipinski definition) is 1. The van der Waals surface area contributed by atoms with Crippen LogP contribution < -0.4 is 5.32 Å². The summed E-state index contributed by atoms with van der Waals surface area (Å²) in [6.45, 7) is 0.401. The van der Waals surface area contributed by atoms with Crippen LogP contribution >= 0.6 is 23.2 Å². The van der Waals surface area contributed by atoms with Crippen LogP contribution in [-0.2, 0) is 6.54 Å². The molecule has 0 aliphatic heterocycles. The summed E-state index contributed by atoms with van der Waals surface area (Å²) < 4.78 is 29.7. The number of nitrogens with zero attached hydrogens (tertiary/aromatic N) is 1. The van der Waals surface area contributed by atoms with Gasteiger partial charge in [-0.3, -0.25) is 4.79 Å². The zero-order chi connectivity index (χ0) is 20.5. The van der Waals surface area contributed by atoms with Gasteiger partial charge in [-0.25, -0.2) is 8.78 Å². The average molecular weight is 431 g/mol. The lowest BCUT2D eigenvalue weighted by Gasteiger charge is -2.08. The van der Waals surface area contributed by atoms with Gasteiger partial charge >= 0.3 is 0 Å². The third-order valence-electron chi connectivity index (χ3n) is 4.59. The fraction of sp³-hybridized carbons (Fsp3) is 0.0455. The van der Waals surface area contributed by atoms with E-state index in [1.807, 2.05) is 22.8 Å². The number of nitrogens with one attached hydrogen (secondary N) is 1. The van der Waals surface area contributed by atoms with Crippen LogP contribution in [-0.4, -0.2) is 10.5 Å². The number of fused-ring (bicyclic) bond motifs is 1. The van der Waals surface area contributed by atoms with Gasteiger partial charge in [-0.15, -0.1) is 0 Å². The van der Waals surface area contributed by atoms with E-state index in [2.05, 4.69) is 5.32 Å². The third kappa shape index (κ3) is 3.84. The standard InChI is InChI=1S/C22H14Cl2F2N2O/c23-14-9-8-13(17(24)10-14)11-28-12-16(15-4-1-2-7-20(15)28)22(29)27-21-18(25)5-3-6-19(21)26/h1-10,12H,11H2,(H,27,29). The molecule has 0 spiro atoms. The van der Waals surface area contributed by atoms with E-state index in [0.29, 0.717) is 27.5 Å². The molecule has 146 valence electrons. The maximum Gasteiger partial charge on any atom is 0.257 e. The smallest absolute Gasteiger partial charge is 0.257 e. The van der Waals surface area contributed by atoms with Crippen molar-refractivity contribution in [2.45, 2.75) is 6.54 Å². The van der Waals surface area contributed by atoms with Gasteiger partial charge in [0.15, 0.2) is 0 Å². The quantitative estimate of drug-likeness (QED) is 0.392. The van der Waals surface area contributed by atoms with Crippen LogP contribution in [0.4, 0.5) is 14.5 Å². The van der Waals surface area contributed by atoms with E-state index in [4.69, 9.17) is 23.2 Å². The number of benzene rings is 3. The van der Waals surface area contributed by atoms with Gasteiger partial charge in [0.25, 0.3) is 5.91 Å². The number of anilines is 1. The van der Waals surface area contributed by atoms with Crippen LogP contribution in [0.25, 0.3) is 10.9 Å². The fourth-order valence-corrected chi connectivity index (χ4v) is 3.66. The summed E-state index contributed by atoms with van der Waals surface area (Å²) in [5.74, 6) is -2.28. The molecule has 0 saturated heterocycles. The van der Waals surface area contributed by atoms with Gasteiger partial charge in [-0.1, -0.05) is 53.5 Å². The highest BCUT2D eigenvalue weighted by molar-refractivity contribution is 6.35. The van der Waals surface area contributed by atoms with Crippen molar-refractivity contribution in [1.82, 2.24) is 4.57 Å². The van der Waals surface area contributed by atoms with Gasteiger partial charge in [0, 0.05) is 33.7 Å². The second-order valence-electron chi connectivity index (χ2n) is 6.47. The van der Waals surface area contributed by atoms with Crippen LogP contribution in [0, 0.1) is 11.6 Å². The molecule has 0 aliphatic carbocycles. The molecular formula is C22H14Cl2F2N2O. The molecule has 0 fully saturated rings. The van der Waals surface area contributed by atoms with Crippen molar-refractivity contribution in [1.29, 1.82) is 0 Å². The van der Waals surface area contributed by atoms with Gasteiger partial charge in [0.2, 0.25) is 0 Å². The molecule has 1 aromatic heterocycles. The molecule has 0 radical (unpaired) electrons. The van der Waals surface area contributed by atoms with Gasteiger partial charge in [-0.05, 0) is 35.9 Å². The number of halogens is 4. The Balaban J connectivity index is 1.73. The molecule has 0 atom stereocenters. The second kappa shape index (κ2) is 7.85. The van der Waals surface area contributed by atoms with Gasteiger partial charge in [-0.2, -0.15) is 0 Å². The first-order chi connectivity index (χ1) is 13.9. The molecular weight excluding hydrogens is 417 g/mol. The molecule has 0 bridgehead atoms. The first-order valence-corrected chi connectivity index (χ1v) is 9.47. The van der Waals surface area contributed by atoms with E-state index in [1.165, 1.54) is 6.07 Å². The van der Waals surface area contributed by atoms with Gasteiger partial charge in [0.1, 0.15) is 17.3 Å². The van der Waals surface area contributed by atoms with E-state index < -0.39 is 23.2 Å². The van der Waals surface area contributed by atoms with Crippen molar-refractivity contribution >= 4 is 45.7 Å². The molecule has 29 heavy (non-hydrogen) atoms. The van der Waals surface area contributed by atoms with Gasteiger partial charge in [0.05, 0.1) is 5.56 Å². The molecule has 1 amide bonds. The number of aromatic nitrogens is 1.